The van der Waals surface area contributed by atoms with Crippen LogP contribution in [0.1, 0.15) is 5.56 Å². The van der Waals surface area contributed by atoms with Crippen molar-refractivity contribution in [2.45, 2.75) is 11.1 Å². The van der Waals surface area contributed by atoms with E-state index < -0.39 is 11.7 Å². The number of thioether (sulfide) groups is 1. The molecule has 0 spiro atoms. The molecule has 0 bridgehead atoms. The highest BCUT2D eigenvalue weighted by Gasteiger charge is 2.32. The number of hydrogen-bond donors (Lipinski definition) is 1. The van der Waals surface area contributed by atoms with Gasteiger partial charge in [0, 0.05) is 10.6 Å². The van der Waals surface area contributed by atoms with Crippen LogP contribution < -0.4 is 5.73 Å². The number of halogens is 3. The SMILES string of the molecule is CSc1ccc(N)c(C(F)(F)F)c1. The predicted octanol–water partition coefficient (Wildman–Crippen LogP) is 3.01. The van der Waals surface area contributed by atoms with Crippen molar-refractivity contribution in [2.75, 3.05) is 12.0 Å². The van der Waals surface area contributed by atoms with Gasteiger partial charge in [0.05, 0.1) is 5.56 Å². The third-order valence-corrected chi connectivity index (χ3v) is 2.29. The van der Waals surface area contributed by atoms with Crippen molar-refractivity contribution in [1.82, 2.24) is 0 Å². The van der Waals surface area contributed by atoms with E-state index in [1.54, 1.807) is 12.3 Å². The number of anilines is 1. The Morgan fingerprint density at radius 1 is 1.31 bits per heavy atom. The Morgan fingerprint density at radius 2 is 1.92 bits per heavy atom. The van der Waals surface area contributed by atoms with E-state index >= 15 is 0 Å². The smallest absolute Gasteiger partial charge is 0.398 e. The van der Waals surface area contributed by atoms with E-state index in [0.717, 1.165) is 6.07 Å². The Balaban J connectivity index is 3.19. The summed E-state index contributed by atoms with van der Waals surface area (Å²) in [5.41, 5.74) is 4.21. The van der Waals surface area contributed by atoms with Gasteiger partial charge in [-0.3, -0.25) is 0 Å². The average Bonchev–Trinajstić information content (AvgIpc) is 2.03. The van der Waals surface area contributed by atoms with Crippen LogP contribution in [0.25, 0.3) is 0 Å². The van der Waals surface area contributed by atoms with Crippen LogP contribution in [-0.2, 0) is 6.18 Å². The van der Waals surface area contributed by atoms with Crippen molar-refractivity contribution in [3.05, 3.63) is 23.8 Å². The van der Waals surface area contributed by atoms with Crippen LogP contribution in [0.3, 0.4) is 0 Å². The zero-order chi connectivity index (χ0) is 10.1. The lowest BCUT2D eigenvalue weighted by Crippen LogP contribution is -2.08. The highest BCUT2D eigenvalue weighted by Crippen LogP contribution is 2.35. The molecule has 0 saturated heterocycles. The van der Waals surface area contributed by atoms with Crippen LogP contribution in [0.5, 0.6) is 0 Å². The maximum atomic E-state index is 12.3. The zero-order valence-corrected chi connectivity index (χ0v) is 7.67. The fourth-order valence-electron chi connectivity index (χ4n) is 0.908. The first-order valence-electron chi connectivity index (χ1n) is 3.46. The van der Waals surface area contributed by atoms with Crippen molar-refractivity contribution in [1.29, 1.82) is 0 Å². The normalized spacial score (nSPS) is 11.7. The second kappa shape index (κ2) is 3.49. The van der Waals surface area contributed by atoms with Gasteiger partial charge in [-0.25, -0.2) is 0 Å². The summed E-state index contributed by atoms with van der Waals surface area (Å²) in [5, 5.41) is 0. The van der Waals surface area contributed by atoms with Crippen LogP contribution >= 0.6 is 11.8 Å². The molecule has 0 radical (unpaired) electrons. The summed E-state index contributed by atoms with van der Waals surface area (Å²) in [7, 11) is 0. The Morgan fingerprint density at radius 3 is 2.38 bits per heavy atom. The molecule has 72 valence electrons. The number of alkyl halides is 3. The average molecular weight is 207 g/mol. The van der Waals surface area contributed by atoms with Crippen molar-refractivity contribution >= 4 is 17.4 Å². The number of rotatable bonds is 1. The van der Waals surface area contributed by atoms with Crippen molar-refractivity contribution in [2.24, 2.45) is 0 Å². The molecule has 0 fully saturated rings. The molecule has 0 amide bonds. The molecule has 0 aliphatic carbocycles. The molecule has 0 atom stereocenters. The minimum atomic E-state index is -4.37. The Hall–Kier alpha value is -0.840. The van der Waals surface area contributed by atoms with Crippen LogP contribution in [0, 0.1) is 0 Å². The molecule has 0 aromatic heterocycles. The monoisotopic (exact) mass is 207 g/mol. The number of nitrogens with two attached hydrogens (primary N) is 1. The topological polar surface area (TPSA) is 26.0 Å². The molecule has 0 saturated carbocycles. The zero-order valence-electron chi connectivity index (χ0n) is 6.85. The first-order valence-corrected chi connectivity index (χ1v) is 4.68. The maximum Gasteiger partial charge on any atom is 0.418 e. The lowest BCUT2D eigenvalue weighted by molar-refractivity contribution is -0.137. The second-order valence-electron chi connectivity index (χ2n) is 2.45. The molecule has 1 aromatic rings. The largest absolute Gasteiger partial charge is 0.418 e. The molecule has 5 heteroatoms. The van der Waals surface area contributed by atoms with Gasteiger partial charge in [0.2, 0.25) is 0 Å². The molecule has 0 aliphatic rings. The molecule has 0 heterocycles. The highest BCUT2D eigenvalue weighted by atomic mass is 32.2. The van der Waals surface area contributed by atoms with E-state index in [0.29, 0.717) is 4.90 Å². The van der Waals surface area contributed by atoms with E-state index in [1.165, 1.54) is 17.8 Å². The first-order chi connectivity index (χ1) is 5.95. The summed E-state index contributed by atoms with van der Waals surface area (Å²) in [6.45, 7) is 0. The Labute approximate surface area is 78.1 Å². The fraction of sp³-hybridized carbons (Fsp3) is 0.250. The summed E-state index contributed by atoms with van der Waals surface area (Å²) in [6.07, 6.45) is -2.65. The molecule has 1 nitrogen and oxygen atoms in total. The maximum absolute atomic E-state index is 12.3. The minimum Gasteiger partial charge on any atom is -0.398 e. The molecule has 2 N–H and O–H groups in total. The standard InChI is InChI=1S/C8H8F3NS/c1-13-5-2-3-7(12)6(4-5)8(9,10)11/h2-4H,12H2,1H3. The molecule has 0 unspecified atom stereocenters. The van der Waals surface area contributed by atoms with Crippen LogP contribution in [0.15, 0.2) is 23.1 Å². The van der Waals surface area contributed by atoms with Crippen LogP contribution in [0.4, 0.5) is 18.9 Å². The summed E-state index contributed by atoms with van der Waals surface area (Å²) in [4.78, 5) is 0.557. The lowest BCUT2D eigenvalue weighted by atomic mass is 10.2. The van der Waals surface area contributed by atoms with Gasteiger partial charge < -0.3 is 5.73 Å². The third-order valence-electron chi connectivity index (χ3n) is 1.57. The van der Waals surface area contributed by atoms with Gasteiger partial charge in [0.25, 0.3) is 0 Å². The first kappa shape index (κ1) is 10.2. The summed E-state index contributed by atoms with van der Waals surface area (Å²) >= 11 is 1.25. The fourth-order valence-corrected chi connectivity index (χ4v) is 1.35. The summed E-state index contributed by atoms with van der Waals surface area (Å²) < 4.78 is 36.8. The van der Waals surface area contributed by atoms with Crippen molar-refractivity contribution in [3.63, 3.8) is 0 Å². The number of hydrogen-bond acceptors (Lipinski definition) is 2. The molecule has 1 rings (SSSR count). The van der Waals surface area contributed by atoms with E-state index in [4.69, 9.17) is 5.73 Å². The van der Waals surface area contributed by atoms with Gasteiger partial charge in [0.1, 0.15) is 0 Å². The minimum absolute atomic E-state index is 0.231. The van der Waals surface area contributed by atoms with Gasteiger partial charge in [-0.15, -0.1) is 11.8 Å². The van der Waals surface area contributed by atoms with Gasteiger partial charge in [-0.05, 0) is 24.5 Å². The molecule has 0 aliphatic heterocycles. The van der Waals surface area contributed by atoms with E-state index in [1.807, 2.05) is 0 Å². The molecule has 13 heavy (non-hydrogen) atoms. The molecular weight excluding hydrogens is 199 g/mol. The third kappa shape index (κ3) is 2.30. The number of nitrogen functional groups attached to an aromatic ring is 1. The lowest BCUT2D eigenvalue weighted by Gasteiger charge is -2.10. The van der Waals surface area contributed by atoms with Gasteiger partial charge in [-0.2, -0.15) is 13.2 Å². The second-order valence-corrected chi connectivity index (χ2v) is 3.33. The van der Waals surface area contributed by atoms with Gasteiger partial charge in [-0.1, -0.05) is 0 Å². The van der Waals surface area contributed by atoms with Crippen molar-refractivity contribution < 1.29 is 13.2 Å². The quantitative estimate of drug-likeness (QED) is 0.566. The predicted molar refractivity (Wildman–Crippen MR) is 47.6 cm³/mol. The highest BCUT2D eigenvalue weighted by molar-refractivity contribution is 7.98. The van der Waals surface area contributed by atoms with Crippen LogP contribution in [-0.4, -0.2) is 6.26 Å². The van der Waals surface area contributed by atoms with E-state index in [-0.39, 0.29) is 5.69 Å². The number of benzene rings is 1. The van der Waals surface area contributed by atoms with Crippen molar-refractivity contribution in [3.8, 4) is 0 Å². The summed E-state index contributed by atoms with van der Waals surface area (Å²) in [6, 6.07) is 3.89. The van der Waals surface area contributed by atoms with E-state index in [2.05, 4.69) is 0 Å². The van der Waals surface area contributed by atoms with E-state index in [9.17, 15) is 13.2 Å². The van der Waals surface area contributed by atoms with Gasteiger partial charge >= 0.3 is 6.18 Å². The van der Waals surface area contributed by atoms with Gasteiger partial charge in [0.15, 0.2) is 0 Å². The Kier molecular flexibility index (Phi) is 2.75. The Bertz CT molecular complexity index is 309. The summed E-state index contributed by atoms with van der Waals surface area (Å²) in [5.74, 6) is 0. The molecule has 1 aromatic carbocycles. The molecular formula is C8H8F3NS. The van der Waals surface area contributed by atoms with Crippen LogP contribution in [0.2, 0.25) is 0 Å².